The maximum Gasteiger partial charge on any atom is 0.427 e. The molecule has 19 heavy (non-hydrogen) atoms. The van der Waals surface area contributed by atoms with Crippen molar-refractivity contribution in [2.75, 3.05) is 6.61 Å². The molecule has 0 saturated carbocycles. The second-order valence-corrected chi connectivity index (χ2v) is 5.36. The van der Waals surface area contributed by atoms with Gasteiger partial charge in [0.25, 0.3) is 0 Å². The molecule has 1 aromatic carbocycles. The summed E-state index contributed by atoms with van der Waals surface area (Å²) in [5, 5.41) is 4.00. The third-order valence-electron chi connectivity index (χ3n) is 2.76. The van der Waals surface area contributed by atoms with Gasteiger partial charge >= 0.3 is 6.09 Å². The van der Waals surface area contributed by atoms with Crippen LogP contribution in [0.15, 0.2) is 29.4 Å². The van der Waals surface area contributed by atoms with Gasteiger partial charge in [-0.3, -0.25) is 0 Å². The van der Waals surface area contributed by atoms with E-state index in [1.807, 2.05) is 19.1 Å². The molecule has 0 aliphatic carbocycles. The molecule has 1 amide bonds. The molecule has 0 aliphatic heterocycles. The SMILES string of the molecule is CCOC(=O)N/N=C(\C)c1ccc(C(C)(C)C)cc1. The highest BCUT2D eigenvalue weighted by Gasteiger charge is 2.13. The summed E-state index contributed by atoms with van der Waals surface area (Å²) in [6.45, 7) is 10.4. The summed E-state index contributed by atoms with van der Waals surface area (Å²) < 4.78 is 4.73. The Kier molecular flexibility index (Phi) is 5.10. The van der Waals surface area contributed by atoms with Gasteiger partial charge in [0, 0.05) is 0 Å². The zero-order chi connectivity index (χ0) is 14.5. The van der Waals surface area contributed by atoms with Crippen molar-refractivity contribution >= 4 is 11.8 Å². The zero-order valence-electron chi connectivity index (χ0n) is 12.3. The van der Waals surface area contributed by atoms with E-state index < -0.39 is 6.09 Å². The third kappa shape index (κ3) is 4.73. The number of carbonyl (C=O) groups excluding carboxylic acids is 1. The van der Waals surface area contributed by atoms with Crippen molar-refractivity contribution < 1.29 is 9.53 Å². The van der Waals surface area contributed by atoms with Crippen LogP contribution in [0.3, 0.4) is 0 Å². The predicted molar refractivity (Wildman–Crippen MR) is 77.5 cm³/mol. The first-order chi connectivity index (χ1) is 8.84. The van der Waals surface area contributed by atoms with E-state index in [4.69, 9.17) is 4.74 Å². The van der Waals surface area contributed by atoms with Crippen LogP contribution in [0, 0.1) is 0 Å². The van der Waals surface area contributed by atoms with E-state index in [0.717, 1.165) is 11.3 Å². The van der Waals surface area contributed by atoms with Gasteiger partial charge in [0.1, 0.15) is 0 Å². The smallest absolute Gasteiger partial charge is 0.427 e. The number of hydrazone groups is 1. The molecule has 0 radical (unpaired) electrons. The second kappa shape index (κ2) is 6.36. The standard InChI is InChI=1S/C15H22N2O2/c1-6-19-14(18)17-16-11(2)12-7-9-13(10-8-12)15(3,4)5/h7-10H,6H2,1-5H3,(H,17,18)/b16-11+. The minimum atomic E-state index is -0.534. The lowest BCUT2D eigenvalue weighted by molar-refractivity contribution is 0.152. The Morgan fingerprint density at radius 1 is 1.26 bits per heavy atom. The molecule has 0 unspecified atom stereocenters. The van der Waals surface area contributed by atoms with Crippen LogP contribution < -0.4 is 5.43 Å². The van der Waals surface area contributed by atoms with Gasteiger partial charge in [0.05, 0.1) is 12.3 Å². The van der Waals surface area contributed by atoms with Crippen LogP contribution in [0.2, 0.25) is 0 Å². The summed E-state index contributed by atoms with van der Waals surface area (Å²) in [4.78, 5) is 11.1. The molecule has 0 heterocycles. The van der Waals surface area contributed by atoms with E-state index in [1.165, 1.54) is 5.56 Å². The summed E-state index contributed by atoms with van der Waals surface area (Å²) in [5.41, 5.74) is 5.47. The van der Waals surface area contributed by atoms with Gasteiger partial charge in [0.2, 0.25) is 0 Å². The van der Waals surface area contributed by atoms with E-state index in [1.54, 1.807) is 6.92 Å². The number of amides is 1. The highest BCUT2D eigenvalue weighted by Crippen LogP contribution is 2.22. The first-order valence-electron chi connectivity index (χ1n) is 6.42. The molecule has 0 bridgehead atoms. The summed E-state index contributed by atoms with van der Waals surface area (Å²) in [6.07, 6.45) is -0.534. The first kappa shape index (κ1) is 15.2. The third-order valence-corrected chi connectivity index (χ3v) is 2.76. The maximum atomic E-state index is 11.1. The number of nitrogens with zero attached hydrogens (tertiary/aromatic N) is 1. The second-order valence-electron chi connectivity index (χ2n) is 5.36. The van der Waals surface area contributed by atoms with Crippen LogP contribution in [-0.4, -0.2) is 18.4 Å². The quantitative estimate of drug-likeness (QED) is 0.670. The lowest BCUT2D eigenvalue weighted by Crippen LogP contribution is -2.20. The molecule has 0 fully saturated rings. The van der Waals surface area contributed by atoms with E-state index in [9.17, 15) is 4.79 Å². The van der Waals surface area contributed by atoms with Gasteiger partial charge in [-0.1, -0.05) is 45.0 Å². The van der Waals surface area contributed by atoms with Crippen molar-refractivity contribution in [3.8, 4) is 0 Å². The topological polar surface area (TPSA) is 50.7 Å². The van der Waals surface area contributed by atoms with Gasteiger partial charge in [-0.2, -0.15) is 5.10 Å². The number of carbonyl (C=O) groups is 1. The van der Waals surface area contributed by atoms with Crippen molar-refractivity contribution in [3.63, 3.8) is 0 Å². The molecule has 0 spiro atoms. The Balaban J connectivity index is 2.75. The van der Waals surface area contributed by atoms with Gasteiger partial charge in [-0.15, -0.1) is 0 Å². The molecular weight excluding hydrogens is 240 g/mol. The normalized spacial score (nSPS) is 12.2. The minimum absolute atomic E-state index is 0.132. The lowest BCUT2D eigenvalue weighted by atomic mass is 9.86. The van der Waals surface area contributed by atoms with Gasteiger partial charge in [0.15, 0.2) is 0 Å². The number of hydrogen-bond acceptors (Lipinski definition) is 3. The fourth-order valence-electron chi connectivity index (χ4n) is 1.57. The fourth-order valence-corrected chi connectivity index (χ4v) is 1.57. The van der Waals surface area contributed by atoms with Crippen molar-refractivity contribution in [2.45, 2.75) is 40.0 Å². The van der Waals surface area contributed by atoms with Crippen LogP contribution >= 0.6 is 0 Å². The van der Waals surface area contributed by atoms with Crippen molar-refractivity contribution in [2.24, 2.45) is 5.10 Å². The minimum Gasteiger partial charge on any atom is -0.449 e. The van der Waals surface area contributed by atoms with Gasteiger partial charge < -0.3 is 4.74 Å². The monoisotopic (exact) mass is 262 g/mol. The molecule has 104 valence electrons. The molecular formula is C15H22N2O2. The summed E-state index contributed by atoms with van der Waals surface area (Å²) in [5.74, 6) is 0. The van der Waals surface area contributed by atoms with Crippen LogP contribution in [0.1, 0.15) is 45.7 Å². The number of ether oxygens (including phenoxy) is 1. The number of hydrogen-bond donors (Lipinski definition) is 1. The molecule has 1 rings (SSSR count). The molecule has 0 aliphatic rings. The van der Waals surface area contributed by atoms with Crippen LogP contribution in [0.25, 0.3) is 0 Å². The number of nitrogens with one attached hydrogen (secondary N) is 1. The van der Waals surface area contributed by atoms with E-state index in [-0.39, 0.29) is 5.41 Å². The Hall–Kier alpha value is -1.84. The van der Waals surface area contributed by atoms with Crippen LogP contribution in [-0.2, 0) is 10.2 Å². The fraction of sp³-hybridized carbons (Fsp3) is 0.467. The lowest BCUT2D eigenvalue weighted by Gasteiger charge is -2.19. The zero-order valence-corrected chi connectivity index (χ0v) is 12.3. The molecule has 0 atom stereocenters. The highest BCUT2D eigenvalue weighted by atomic mass is 16.5. The summed E-state index contributed by atoms with van der Waals surface area (Å²) in [6, 6.07) is 8.18. The first-order valence-corrected chi connectivity index (χ1v) is 6.42. The average Bonchev–Trinajstić information content (AvgIpc) is 2.35. The van der Waals surface area contributed by atoms with E-state index in [2.05, 4.69) is 43.4 Å². The molecule has 1 N–H and O–H groups in total. The molecule has 4 nitrogen and oxygen atoms in total. The Morgan fingerprint density at radius 2 is 1.84 bits per heavy atom. The summed E-state index contributed by atoms with van der Waals surface area (Å²) in [7, 11) is 0. The Morgan fingerprint density at radius 3 is 2.32 bits per heavy atom. The van der Waals surface area contributed by atoms with Gasteiger partial charge in [-0.25, -0.2) is 10.2 Å². The Labute approximate surface area is 114 Å². The predicted octanol–water partition coefficient (Wildman–Crippen LogP) is 3.45. The molecule has 1 aromatic rings. The number of rotatable bonds is 3. The van der Waals surface area contributed by atoms with Gasteiger partial charge in [-0.05, 0) is 30.4 Å². The van der Waals surface area contributed by atoms with Crippen molar-refractivity contribution in [3.05, 3.63) is 35.4 Å². The largest absolute Gasteiger partial charge is 0.449 e. The van der Waals surface area contributed by atoms with Crippen LogP contribution in [0.5, 0.6) is 0 Å². The molecule has 0 aromatic heterocycles. The van der Waals surface area contributed by atoms with Crippen LogP contribution in [0.4, 0.5) is 4.79 Å². The Bertz CT molecular complexity index is 456. The van der Waals surface area contributed by atoms with E-state index in [0.29, 0.717) is 6.61 Å². The van der Waals surface area contributed by atoms with Crippen molar-refractivity contribution in [1.29, 1.82) is 0 Å². The highest BCUT2D eigenvalue weighted by molar-refractivity contribution is 5.99. The molecule has 0 saturated heterocycles. The number of benzene rings is 1. The molecule has 4 heteroatoms. The van der Waals surface area contributed by atoms with E-state index >= 15 is 0 Å². The van der Waals surface area contributed by atoms with Crippen molar-refractivity contribution in [1.82, 2.24) is 5.43 Å². The average molecular weight is 262 g/mol. The summed E-state index contributed by atoms with van der Waals surface area (Å²) >= 11 is 0. The maximum absolute atomic E-state index is 11.1.